The largest absolute Gasteiger partial charge is 0.483 e. The molecule has 0 atom stereocenters. The highest BCUT2D eigenvalue weighted by Gasteiger charge is 2.12. The van der Waals surface area contributed by atoms with Gasteiger partial charge in [-0.3, -0.25) is 20.4 Å². The van der Waals surface area contributed by atoms with Gasteiger partial charge in [-0.2, -0.15) is 0 Å². The van der Waals surface area contributed by atoms with Gasteiger partial charge < -0.3 is 4.74 Å². The van der Waals surface area contributed by atoms with Crippen LogP contribution in [0.1, 0.15) is 15.9 Å². The molecule has 0 aromatic heterocycles. The van der Waals surface area contributed by atoms with Crippen molar-refractivity contribution in [1.29, 1.82) is 0 Å². The number of ether oxygens (including phenoxy) is 1. The lowest BCUT2D eigenvalue weighted by molar-refractivity contribution is -0.123. The number of carbonyl (C=O) groups is 2. The third-order valence-corrected chi connectivity index (χ3v) is 3.60. The van der Waals surface area contributed by atoms with Gasteiger partial charge in [-0.15, -0.1) is 0 Å². The van der Waals surface area contributed by atoms with Gasteiger partial charge in [0.15, 0.2) is 6.61 Å². The van der Waals surface area contributed by atoms with Crippen molar-refractivity contribution in [1.82, 2.24) is 10.9 Å². The summed E-state index contributed by atoms with van der Waals surface area (Å²) in [5.74, 6) is -0.958. The molecule has 7 heteroatoms. The molecule has 0 fully saturated rings. The molecule has 2 N–H and O–H groups in total. The first kappa shape index (κ1) is 17.0. The van der Waals surface area contributed by atoms with Crippen molar-refractivity contribution >= 4 is 27.7 Å². The van der Waals surface area contributed by atoms with E-state index in [-0.39, 0.29) is 12.2 Å². The zero-order chi connectivity index (χ0) is 16.8. The van der Waals surface area contributed by atoms with Crippen molar-refractivity contribution in [2.75, 3.05) is 6.61 Å². The number of benzene rings is 2. The van der Waals surface area contributed by atoms with Crippen LogP contribution in [0.15, 0.2) is 46.9 Å². The summed E-state index contributed by atoms with van der Waals surface area (Å²) in [6.45, 7) is 1.62. The molecule has 23 heavy (non-hydrogen) atoms. The molecule has 0 unspecified atom stereocenters. The summed E-state index contributed by atoms with van der Waals surface area (Å²) in [7, 11) is 0. The van der Waals surface area contributed by atoms with E-state index in [0.717, 1.165) is 17.7 Å². The van der Waals surface area contributed by atoms with Gasteiger partial charge in [-0.05, 0) is 52.7 Å². The van der Waals surface area contributed by atoms with Gasteiger partial charge in [0, 0.05) is 4.47 Å². The highest BCUT2D eigenvalue weighted by molar-refractivity contribution is 9.10. The Morgan fingerprint density at radius 3 is 2.61 bits per heavy atom. The summed E-state index contributed by atoms with van der Waals surface area (Å²) in [5, 5.41) is 0. The van der Waals surface area contributed by atoms with Crippen LogP contribution in [0.5, 0.6) is 5.75 Å². The quantitative estimate of drug-likeness (QED) is 0.801. The van der Waals surface area contributed by atoms with E-state index in [1.165, 1.54) is 6.07 Å². The molecule has 0 bridgehead atoms. The molecule has 2 aromatic rings. The number of hydrazine groups is 1. The number of carbonyl (C=O) groups excluding carboxylic acids is 2. The first-order valence-electron chi connectivity index (χ1n) is 6.70. The Balaban J connectivity index is 1.84. The van der Waals surface area contributed by atoms with Crippen LogP contribution in [0.25, 0.3) is 0 Å². The lowest BCUT2D eigenvalue weighted by Crippen LogP contribution is -2.44. The average Bonchev–Trinajstić information content (AvgIpc) is 2.52. The Kier molecular flexibility index (Phi) is 5.70. The number of hydrogen-bond donors (Lipinski definition) is 2. The number of amides is 2. The Morgan fingerprint density at radius 2 is 1.91 bits per heavy atom. The third-order valence-electron chi connectivity index (χ3n) is 2.94. The Hall–Kier alpha value is -2.41. The molecule has 0 spiro atoms. The zero-order valence-corrected chi connectivity index (χ0v) is 13.8. The number of rotatable bonds is 4. The summed E-state index contributed by atoms with van der Waals surface area (Å²) >= 11 is 3.09. The minimum absolute atomic E-state index is 0.200. The Morgan fingerprint density at radius 1 is 1.17 bits per heavy atom. The number of nitrogens with one attached hydrogen (secondary N) is 2. The molecule has 5 nitrogen and oxygen atoms in total. The van der Waals surface area contributed by atoms with Gasteiger partial charge in [0.25, 0.3) is 11.8 Å². The van der Waals surface area contributed by atoms with Gasteiger partial charge in [0.2, 0.25) is 0 Å². The van der Waals surface area contributed by atoms with Gasteiger partial charge in [-0.1, -0.05) is 18.2 Å². The van der Waals surface area contributed by atoms with Gasteiger partial charge in [-0.25, -0.2) is 4.39 Å². The summed E-state index contributed by atoms with van der Waals surface area (Å²) in [5.41, 5.74) is 5.58. The summed E-state index contributed by atoms with van der Waals surface area (Å²) in [4.78, 5) is 23.6. The predicted molar refractivity (Wildman–Crippen MR) is 86.4 cm³/mol. The lowest BCUT2D eigenvalue weighted by Gasteiger charge is -2.10. The predicted octanol–water partition coefficient (Wildman–Crippen LogP) is 2.74. The molecule has 0 aliphatic heterocycles. The molecular weight excluding hydrogens is 367 g/mol. The molecule has 2 amide bonds. The van der Waals surface area contributed by atoms with Crippen LogP contribution in [0.2, 0.25) is 0 Å². The molecule has 2 aromatic carbocycles. The van der Waals surface area contributed by atoms with Crippen molar-refractivity contribution in [2.24, 2.45) is 0 Å². The second kappa shape index (κ2) is 7.73. The second-order valence-corrected chi connectivity index (χ2v) is 5.53. The fourth-order valence-corrected chi connectivity index (χ4v) is 2.30. The van der Waals surface area contributed by atoms with E-state index < -0.39 is 17.6 Å². The van der Waals surface area contributed by atoms with E-state index in [1.807, 2.05) is 19.1 Å². The molecule has 120 valence electrons. The van der Waals surface area contributed by atoms with Crippen LogP contribution in [0.3, 0.4) is 0 Å². The van der Waals surface area contributed by atoms with Crippen molar-refractivity contribution in [3.8, 4) is 5.75 Å². The Labute approximate surface area is 140 Å². The van der Waals surface area contributed by atoms with E-state index in [2.05, 4.69) is 26.8 Å². The second-order valence-electron chi connectivity index (χ2n) is 4.68. The third kappa shape index (κ3) is 4.79. The number of para-hydroxylation sites is 1. The molecule has 0 aliphatic carbocycles. The number of aryl methyl sites for hydroxylation is 1. The van der Waals surface area contributed by atoms with E-state index in [9.17, 15) is 14.0 Å². The van der Waals surface area contributed by atoms with Crippen LogP contribution < -0.4 is 15.6 Å². The maximum absolute atomic E-state index is 13.0. The first-order valence-corrected chi connectivity index (χ1v) is 7.49. The summed E-state index contributed by atoms with van der Waals surface area (Å²) < 4.78 is 18.6. The average molecular weight is 381 g/mol. The maximum atomic E-state index is 13.0. The smallest absolute Gasteiger partial charge is 0.276 e. The van der Waals surface area contributed by atoms with Crippen molar-refractivity contribution in [2.45, 2.75) is 6.92 Å². The van der Waals surface area contributed by atoms with Crippen LogP contribution in [0.4, 0.5) is 4.39 Å². The minimum Gasteiger partial charge on any atom is -0.483 e. The maximum Gasteiger partial charge on any atom is 0.276 e. The lowest BCUT2D eigenvalue weighted by atomic mass is 10.2. The monoisotopic (exact) mass is 380 g/mol. The van der Waals surface area contributed by atoms with E-state index >= 15 is 0 Å². The topological polar surface area (TPSA) is 67.4 Å². The van der Waals surface area contributed by atoms with Crippen LogP contribution in [-0.4, -0.2) is 18.4 Å². The normalized spacial score (nSPS) is 10.0. The zero-order valence-electron chi connectivity index (χ0n) is 12.2. The number of hydrogen-bond acceptors (Lipinski definition) is 3. The van der Waals surface area contributed by atoms with Crippen molar-refractivity contribution < 1.29 is 18.7 Å². The highest BCUT2D eigenvalue weighted by atomic mass is 79.9. The van der Waals surface area contributed by atoms with E-state index in [4.69, 9.17) is 4.74 Å². The van der Waals surface area contributed by atoms with Crippen molar-refractivity contribution in [3.05, 3.63) is 63.9 Å². The SMILES string of the molecule is Cc1ccccc1OCC(=O)NNC(=O)c1ccc(F)cc1Br. The molecule has 0 radical (unpaired) electrons. The highest BCUT2D eigenvalue weighted by Crippen LogP contribution is 2.18. The fourth-order valence-electron chi connectivity index (χ4n) is 1.77. The molecule has 2 rings (SSSR count). The van der Waals surface area contributed by atoms with Gasteiger partial charge in [0.05, 0.1) is 5.56 Å². The standard InChI is InChI=1S/C16H14BrFN2O3/c1-10-4-2-3-5-14(10)23-9-15(21)19-20-16(22)12-7-6-11(18)8-13(12)17/h2-8H,9H2,1H3,(H,19,21)(H,20,22). The molecular formula is C16H14BrFN2O3. The van der Waals surface area contributed by atoms with E-state index in [1.54, 1.807) is 12.1 Å². The molecule has 0 saturated carbocycles. The minimum atomic E-state index is -0.568. The van der Waals surface area contributed by atoms with Crippen LogP contribution in [0, 0.1) is 12.7 Å². The van der Waals surface area contributed by atoms with Gasteiger partial charge in [0.1, 0.15) is 11.6 Å². The molecule has 0 saturated heterocycles. The summed E-state index contributed by atoms with van der Waals surface area (Å²) in [6.07, 6.45) is 0. The number of halogens is 2. The molecule has 0 heterocycles. The first-order chi connectivity index (χ1) is 11.0. The van der Waals surface area contributed by atoms with E-state index in [0.29, 0.717) is 10.2 Å². The van der Waals surface area contributed by atoms with Gasteiger partial charge >= 0.3 is 0 Å². The summed E-state index contributed by atoms with van der Waals surface area (Å²) in [6, 6.07) is 10.9. The Bertz CT molecular complexity index is 737. The van der Waals surface area contributed by atoms with Crippen LogP contribution >= 0.6 is 15.9 Å². The molecule has 0 aliphatic rings. The van der Waals surface area contributed by atoms with Crippen LogP contribution in [-0.2, 0) is 4.79 Å². The van der Waals surface area contributed by atoms with Crippen molar-refractivity contribution in [3.63, 3.8) is 0 Å². The fraction of sp³-hybridized carbons (Fsp3) is 0.125.